The molecule has 28 heavy (non-hydrogen) atoms. The molecule has 2 atom stereocenters. The van der Waals surface area contributed by atoms with E-state index in [0.29, 0.717) is 11.1 Å². The van der Waals surface area contributed by atoms with Crippen molar-refractivity contribution >= 4 is 43.8 Å². The molecule has 2 aromatic heterocycles. The summed E-state index contributed by atoms with van der Waals surface area (Å²) in [6.45, 7) is -0.991. The summed E-state index contributed by atoms with van der Waals surface area (Å²) in [6.07, 6.45) is -4.47. The van der Waals surface area contributed by atoms with Gasteiger partial charge in [-0.25, -0.2) is 0 Å². The first-order chi connectivity index (χ1) is 13.3. The van der Waals surface area contributed by atoms with Crippen LogP contribution in [0.5, 0.6) is 0 Å². The second-order valence-electron chi connectivity index (χ2n) is 6.24. The molecule has 4 rings (SSSR count). The summed E-state index contributed by atoms with van der Waals surface area (Å²) in [4.78, 5) is 12.5. The van der Waals surface area contributed by atoms with Crippen LogP contribution in [-0.4, -0.2) is 73.7 Å². The van der Waals surface area contributed by atoms with Crippen LogP contribution in [0.4, 0.5) is 19.0 Å². The van der Waals surface area contributed by atoms with E-state index >= 15 is 0 Å². The minimum absolute atomic E-state index is 0.0597. The molecule has 2 aliphatic rings. The number of ether oxygens (including phenoxy) is 2. The van der Waals surface area contributed by atoms with Crippen LogP contribution in [0, 0.1) is 0 Å². The van der Waals surface area contributed by atoms with Crippen molar-refractivity contribution in [1.29, 1.82) is 0 Å². The number of aryl methyl sites for hydroxylation is 1. The van der Waals surface area contributed by atoms with Gasteiger partial charge >= 0.3 is 150 Å². The molecule has 0 aliphatic carbocycles. The molecule has 1 saturated heterocycles. The molecule has 0 bridgehead atoms. The number of nitrogens with zero attached hydrogens (tertiary/aromatic N) is 3. The van der Waals surface area contributed by atoms with E-state index in [1.165, 1.54) is 21.2 Å². The number of anilines is 1. The summed E-state index contributed by atoms with van der Waals surface area (Å²) in [5.41, 5.74) is 1.23. The molecule has 2 aromatic rings. The van der Waals surface area contributed by atoms with Crippen molar-refractivity contribution in [2.24, 2.45) is 7.05 Å². The average molecular weight is 524 g/mol. The molecule has 0 spiro atoms. The summed E-state index contributed by atoms with van der Waals surface area (Å²) in [7, 11) is 3.53. The van der Waals surface area contributed by atoms with Crippen LogP contribution in [0.1, 0.15) is 28.0 Å². The second-order valence-corrected chi connectivity index (χ2v) is 12.0. The molecule has 4 heterocycles. The number of aromatic nitrogens is 4. The SMILES string of the molecule is Cn1nc(COCC(F)(F)F)cc1C(=O)Nc1cc(C2OCC3[S][Sb]=[C]32)[nH]n1. The average Bonchev–Trinajstić information content (AvgIpc) is 3.24. The third kappa shape index (κ3) is 4.29. The van der Waals surface area contributed by atoms with E-state index in [4.69, 9.17) is 4.74 Å². The van der Waals surface area contributed by atoms with Crippen LogP contribution in [0.3, 0.4) is 0 Å². The predicted molar refractivity (Wildman–Crippen MR) is 96.3 cm³/mol. The zero-order valence-corrected chi connectivity index (χ0v) is 17.9. The van der Waals surface area contributed by atoms with Crippen LogP contribution < -0.4 is 5.32 Å². The van der Waals surface area contributed by atoms with Crippen LogP contribution in [0.25, 0.3) is 0 Å². The number of H-pyrrole nitrogens is 1. The first-order valence-electron chi connectivity index (χ1n) is 8.19. The number of carbonyl (C=O) groups is 1. The number of aromatic amines is 1. The quantitative estimate of drug-likeness (QED) is 0.557. The molecule has 13 heteroatoms. The number of halogens is 3. The van der Waals surface area contributed by atoms with Gasteiger partial charge in [-0.2, -0.15) is 13.2 Å². The number of hydrogen-bond acceptors (Lipinski definition) is 6. The molecule has 2 N–H and O–H groups in total. The topological polar surface area (TPSA) is 94.1 Å². The molecular weight excluding hydrogens is 509 g/mol. The van der Waals surface area contributed by atoms with Crippen molar-refractivity contribution in [3.63, 3.8) is 0 Å². The summed E-state index contributed by atoms with van der Waals surface area (Å²) in [5, 5.41) is 14.2. The van der Waals surface area contributed by atoms with E-state index in [-0.39, 0.29) is 43.8 Å². The standard InChI is InChI=1S/C15H16F3N5O3S.Sb/c1-23-11(2-8(22-23)5-25-7-15(16,17)18)14(24)19-13-4-10(20-21-13)12-3-9(27)6-26-12;/h2,4,9,12,27H,5-7H2,1H3,(H2,19,20,21,24);/q;+1/p-1. The van der Waals surface area contributed by atoms with Gasteiger partial charge in [0, 0.05) is 0 Å². The zero-order valence-electron chi connectivity index (χ0n) is 14.5. The third-order valence-corrected chi connectivity index (χ3v) is 12.0. The number of fused-ring (bicyclic) bond motifs is 1. The van der Waals surface area contributed by atoms with E-state index in [2.05, 4.69) is 25.3 Å². The summed E-state index contributed by atoms with van der Waals surface area (Å²) >= 11 is -0.348. The Balaban J connectivity index is 1.37. The number of alkyl halides is 3. The maximum atomic E-state index is 12.5. The van der Waals surface area contributed by atoms with Crippen LogP contribution in [0.2, 0.25) is 0 Å². The van der Waals surface area contributed by atoms with Crippen molar-refractivity contribution in [2.45, 2.75) is 24.1 Å². The summed E-state index contributed by atoms with van der Waals surface area (Å²) in [6, 6.07) is 3.12. The Morgan fingerprint density at radius 2 is 2.36 bits per heavy atom. The number of nitrogens with one attached hydrogen (secondary N) is 2. The molecule has 150 valence electrons. The first-order valence-corrected chi connectivity index (χ1v) is 13.4. The van der Waals surface area contributed by atoms with Gasteiger partial charge in [-0.05, 0) is 0 Å². The zero-order chi connectivity index (χ0) is 19.9. The Hall–Kier alpha value is -1.36. The molecule has 2 unspecified atom stereocenters. The van der Waals surface area contributed by atoms with Gasteiger partial charge in [0.25, 0.3) is 0 Å². The number of amides is 1. The van der Waals surface area contributed by atoms with E-state index in [0.717, 1.165) is 12.3 Å². The van der Waals surface area contributed by atoms with Gasteiger partial charge in [0.1, 0.15) is 6.61 Å². The van der Waals surface area contributed by atoms with Crippen molar-refractivity contribution in [2.75, 3.05) is 18.5 Å². The molecule has 0 saturated carbocycles. The molecular formula is C15H15F3N5O3SSb. The molecule has 0 radical (unpaired) electrons. The van der Waals surface area contributed by atoms with Crippen LogP contribution >= 0.6 is 8.85 Å². The molecule has 1 fully saturated rings. The van der Waals surface area contributed by atoms with Crippen molar-refractivity contribution in [3.05, 3.63) is 29.2 Å². The molecule has 8 nitrogen and oxygen atoms in total. The molecule has 0 aromatic carbocycles. The number of hydrogen-bond donors (Lipinski definition) is 2. The second kappa shape index (κ2) is 7.81. The van der Waals surface area contributed by atoms with E-state index in [9.17, 15) is 18.0 Å². The molecule has 1 amide bonds. The Morgan fingerprint density at radius 3 is 3.04 bits per heavy atom. The van der Waals surface area contributed by atoms with Gasteiger partial charge in [-0.3, -0.25) is 0 Å². The normalized spacial score (nSPS) is 21.2. The number of rotatable bonds is 6. The van der Waals surface area contributed by atoms with Crippen LogP contribution in [-0.2, 0) is 23.1 Å². The van der Waals surface area contributed by atoms with Gasteiger partial charge in [0.15, 0.2) is 0 Å². The van der Waals surface area contributed by atoms with Crippen LogP contribution in [0.15, 0.2) is 12.1 Å². The third-order valence-electron chi connectivity index (χ3n) is 4.10. The fourth-order valence-corrected chi connectivity index (χ4v) is 8.95. The van der Waals surface area contributed by atoms with Gasteiger partial charge in [-0.15, -0.1) is 0 Å². The summed E-state index contributed by atoms with van der Waals surface area (Å²) in [5.74, 6) is -0.124. The number of carbonyl (C=O) groups excluding carboxylic acids is 1. The van der Waals surface area contributed by atoms with Crippen molar-refractivity contribution in [3.8, 4) is 0 Å². The van der Waals surface area contributed by atoms with Gasteiger partial charge < -0.3 is 0 Å². The van der Waals surface area contributed by atoms with Gasteiger partial charge in [0.05, 0.1) is 0 Å². The van der Waals surface area contributed by atoms with E-state index in [1.54, 1.807) is 6.07 Å². The van der Waals surface area contributed by atoms with Crippen molar-refractivity contribution in [1.82, 2.24) is 20.0 Å². The Bertz CT molecular complexity index is 928. The van der Waals surface area contributed by atoms with E-state index < -0.39 is 18.7 Å². The van der Waals surface area contributed by atoms with Crippen molar-refractivity contribution < 1.29 is 27.4 Å². The predicted octanol–water partition coefficient (Wildman–Crippen LogP) is 1.45. The Kier molecular flexibility index (Phi) is 5.56. The first kappa shape index (κ1) is 19.9. The van der Waals surface area contributed by atoms with Gasteiger partial charge in [0.2, 0.25) is 0 Å². The fourth-order valence-electron chi connectivity index (χ4n) is 2.84. The molecule has 2 aliphatic heterocycles. The van der Waals surface area contributed by atoms with Gasteiger partial charge in [-0.1, -0.05) is 0 Å². The minimum atomic E-state index is -4.41. The van der Waals surface area contributed by atoms with E-state index in [1.807, 2.05) is 8.85 Å². The maximum absolute atomic E-state index is 12.5. The summed E-state index contributed by atoms with van der Waals surface area (Å²) < 4.78 is 49.6. The Labute approximate surface area is 169 Å². The Morgan fingerprint density at radius 1 is 1.54 bits per heavy atom. The fraction of sp³-hybridized carbons (Fsp3) is 0.467. The monoisotopic (exact) mass is 523 g/mol.